The topological polar surface area (TPSA) is 53.9 Å². The summed E-state index contributed by atoms with van der Waals surface area (Å²) in [6.45, 7) is 5.85. The van der Waals surface area contributed by atoms with E-state index < -0.39 is 0 Å². The molecule has 0 fully saturated rings. The highest BCUT2D eigenvalue weighted by Crippen LogP contribution is 2.31. The molecule has 7 heteroatoms. The van der Waals surface area contributed by atoms with Crippen molar-refractivity contribution in [3.8, 4) is 0 Å². The number of aromatic nitrogens is 3. The van der Waals surface area contributed by atoms with Crippen molar-refractivity contribution in [3.05, 3.63) is 29.3 Å². The van der Waals surface area contributed by atoms with Crippen molar-refractivity contribution >= 4 is 35.3 Å². The molecule has 1 aromatic carbocycles. The van der Waals surface area contributed by atoms with Gasteiger partial charge < -0.3 is 10.2 Å². The van der Waals surface area contributed by atoms with E-state index in [0.717, 1.165) is 18.0 Å². The summed E-state index contributed by atoms with van der Waals surface area (Å²) in [6, 6.07) is 7.65. The molecule has 0 aliphatic heterocycles. The minimum Gasteiger partial charge on any atom is -0.357 e. The van der Waals surface area contributed by atoms with Crippen LogP contribution < -0.4 is 10.2 Å². The lowest BCUT2D eigenvalue weighted by Gasteiger charge is -2.19. The zero-order valence-electron chi connectivity index (χ0n) is 12.3. The molecule has 0 saturated carbocycles. The highest BCUT2D eigenvalue weighted by Gasteiger charge is 2.12. The first kappa shape index (κ1) is 15.9. The Kier molecular flexibility index (Phi) is 5.64. The summed E-state index contributed by atoms with van der Waals surface area (Å²) in [5.74, 6) is 1.23. The third kappa shape index (κ3) is 3.98. The van der Waals surface area contributed by atoms with E-state index in [1.165, 1.54) is 11.8 Å². The molecule has 0 atom stereocenters. The van der Waals surface area contributed by atoms with Gasteiger partial charge in [0.1, 0.15) is 0 Å². The van der Waals surface area contributed by atoms with Gasteiger partial charge in [-0.2, -0.15) is 15.0 Å². The number of nitrogens with one attached hydrogen (secondary N) is 1. The van der Waals surface area contributed by atoms with E-state index in [1.54, 1.807) is 7.05 Å². The molecule has 2 aromatic rings. The minimum atomic E-state index is 0.557. The maximum absolute atomic E-state index is 6.19. The fourth-order valence-electron chi connectivity index (χ4n) is 1.78. The van der Waals surface area contributed by atoms with Crippen LogP contribution in [0.2, 0.25) is 5.02 Å². The van der Waals surface area contributed by atoms with Gasteiger partial charge in [-0.3, -0.25) is 0 Å². The third-order valence-electron chi connectivity index (χ3n) is 2.91. The smallest absolute Gasteiger partial charge is 0.231 e. The molecule has 0 spiro atoms. The van der Waals surface area contributed by atoms with E-state index in [4.69, 9.17) is 11.6 Å². The minimum absolute atomic E-state index is 0.557. The fourth-order valence-corrected chi connectivity index (χ4v) is 2.80. The van der Waals surface area contributed by atoms with Crippen molar-refractivity contribution in [1.29, 1.82) is 0 Å². The van der Waals surface area contributed by atoms with Gasteiger partial charge in [-0.05, 0) is 37.7 Å². The number of hydrogen-bond donors (Lipinski definition) is 1. The first-order valence-corrected chi connectivity index (χ1v) is 7.98. The number of anilines is 2. The molecule has 112 valence electrons. The van der Waals surface area contributed by atoms with E-state index in [9.17, 15) is 0 Å². The Morgan fingerprint density at radius 3 is 2.48 bits per heavy atom. The second kappa shape index (κ2) is 7.47. The van der Waals surface area contributed by atoms with Crippen molar-refractivity contribution in [2.45, 2.75) is 23.9 Å². The van der Waals surface area contributed by atoms with E-state index >= 15 is 0 Å². The van der Waals surface area contributed by atoms with Gasteiger partial charge in [0.15, 0.2) is 5.16 Å². The van der Waals surface area contributed by atoms with Gasteiger partial charge >= 0.3 is 0 Å². The summed E-state index contributed by atoms with van der Waals surface area (Å²) in [7, 11) is 1.80. The molecule has 1 N–H and O–H groups in total. The molecule has 2 rings (SSSR count). The first-order chi connectivity index (χ1) is 10.2. The number of rotatable bonds is 6. The van der Waals surface area contributed by atoms with Crippen LogP contribution in [-0.4, -0.2) is 35.1 Å². The van der Waals surface area contributed by atoms with Crippen molar-refractivity contribution < 1.29 is 0 Å². The Bertz CT molecular complexity index is 604. The number of hydrogen-bond acceptors (Lipinski definition) is 6. The second-order valence-electron chi connectivity index (χ2n) is 4.20. The summed E-state index contributed by atoms with van der Waals surface area (Å²) in [6.07, 6.45) is 0. The molecule has 1 heterocycles. The Labute approximate surface area is 134 Å². The summed E-state index contributed by atoms with van der Waals surface area (Å²) >= 11 is 7.62. The van der Waals surface area contributed by atoms with Gasteiger partial charge in [0.2, 0.25) is 11.9 Å². The molecular weight excluding hydrogens is 306 g/mol. The molecule has 21 heavy (non-hydrogen) atoms. The van der Waals surface area contributed by atoms with Crippen LogP contribution in [0, 0.1) is 0 Å². The average molecular weight is 324 g/mol. The maximum Gasteiger partial charge on any atom is 0.231 e. The largest absolute Gasteiger partial charge is 0.357 e. The number of nitrogens with zero attached hydrogens (tertiary/aromatic N) is 4. The van der Waals surface area contributed by atoms with E-state index in [2.05, 4.69) is 39.0 Å². The van der Waals surface area contributed by atoms with Gasteiger partial charge in [-0.1, -0.05) is 23.7 Å². The second-order valence-corrected chi connectivity index (χ2v) is 5.61. The zero-order chi connectivity index (χ0) is 15.2. The molecule has 0 radical (unpaired) electrons. The number of benzene rings is 1. The molecule has 0 amide bonds. The van der Waals surface area contributed by atoms with E-state index in [1.807, 2.05) is 24.3 Å². The predicted molar refractivity (Wildman–Crippen MR) is 88.5 cm³/mol. The molecule has 1 aromatic heterocycles. The quantitative estimate of drug-likeness (QED) is 0.877. The standard InChI is InChI=1S/C14H18ClN5S/c1-4-20(5-2)13-17-12(16-3)18-14(19-13)21-11-9-7-6-8-10(11)15/h6-9H,4-5H2,1-3H3,(H,16,17,18,19). The third-order valence-corrected chi connectivity index (χ3v) is 4.29. The van der Waals surface area contributed by atoms with Crippen LogP contribution >= 0.6 is 23.4 Å². The molecule has 0 bridgehead atoms. The van der Waals surface area contributed by atoms with Gasteiger partial charge in [-0.25, -0.2) is 0 Å². The zero-order valence-corrected chi connectivity index (χ0v) is 13.9. The molecular formula is C14H18ClN5S. The maximum atomic E-state index is 6.19. The van der Waals surface area contributed by atoms with Crippen LogP contribution in [0.5, 0.6) is 0 Å². The highest BCUT2D eigenvalue weighted by atomic mass is 35.5. The van der Waals surface area contributed by atoms with Crippen LogP contribution in [0.25, 0.3) is 0 Å². The molecule has 0 aliphatic carbocycles. The van der Waals surface area contributed by atoms with Gasteiger partial charge in [0.25, 0.3) is 0 Å². The SMILES string of the molecule is CCN(CC)c1nc(NC)nc(Sc2ccccc2Cl)n1. The summed E-state index contributed by atoms with van der Waals surface area (Å²) in [5.41, 5.74) is 0. The van der Waals surface area contributed by atoms with Crippen LogP contribution in [-0.2, 0) is 0 Å². The summed E-state index contributed by atoms with van der Waals surface area (Å²) in [5, 5.41) is 4.30. The van der Waals surface area contributed by atoms with Crippen molar-refractivity contribution in [3.63, 3.8) is 0 Å². The van der Waals surface area contributed by atoms with Gasteiger partial charge in [0.05, 0.1) is 5.02 Å². The van der Waals surface area contributed by atoms with Crippen molar-refractivity contribution in [2.24, 2.45) is 0 Å². The predicted octanol–water partition coefficient (Wildman–Crippen LogP) is 3.56. The van der Waals surface area contributed by atoms with Crippen LogP contribution in [0.15, 0.2) is 34.3 Å². The van der Waals surface area contributed by atoms with Crippen molar-refractivity contribution in [1.82, 2.24) is 15.0 Å². The van der Waals surface area contributed by atoms with E-state index in [0.29, 0.717) is 22.1 Å². The van der Waals surface area contributed by atoms with Gasteiger partial charge in [0, 0.05) is 25.0 Å². The molecule has 0 unspecified atom stereocenters. The summed E-state index contributed by atoms with van der Waals surface area (Å²) < 4.78 is 0. The lowest BCUT2D eigenvalue weighted by Crippen LogP contribution is -2.25. The summed E-state index contributed by atoms with van der Waals surface area (Å²) in [4.78, 5) is 16.3. The molecule has 0 aliphatic rings. The first-order valence-electron chi connectivity index (χ1n) is 6.79. The lowest BCUT2D eigenvalue weighted by atomic mass is 10.4. The fraction of sp³-hybridized carbons (Fsp3) is 0.357. The van der Waals surface area contributed by atoms with Crippen molar-refractivity contribution in [2.75, 3.05) is 30.4 Å². The highest BCUT2D eigenvalue weighted by molar-refractivity contribution is 7.99. The van der Waals surface area contributed by atoms with Gasteiger partial charge in [-0.15, -0.1) is 0 Å². The lowest BCUT2D eigenvalue weighted by molar-refractivity contribution is 0.785. The normalized spacial score (nSPS) is 10.5. The van der Waals surface area contributed by atoms with Crippen LogP contribution in [0.1, 0.15) is 13.8 Å². The average Bonchev–Trinajstić information content (AvgIpc) is 2.50. The number of halogens is 1. The Hall–Kier alpha value is -1.53. The molecule has 5 nitrogen and oxygen atoms in total. The Morgan fingerprint density at radius 2 is 1.86 bits per heavy atom. The Morgan fingerprint density at radius 1 is 1.14 bits per heavy atom. The van der Waals surface area contributed by atoms with Crippen LogP contribution in [0.4, 0.5) is 11.9 Å². The Balaban J connectivity index is 2.35. The monoisotopic (exact) mass is 323 g/mol. The molecule has 0 saturated heterocycles. The van der Waals surface area contributed by atoms with E-state index in [-0.39, 0.29) is 0 Å². The van der Waals surface area contributed by atoms with Crippen LogP contribution in [0.3, 0.4) is 0 Å².